The molecule has 0 N–H and O–H groups in total. The smallest absolute Gasteiger partial charge is 0.724 e. The Hall–Kier alpha value is 4.07. The topological polar surface area (TPSA) is 157 Å². The maximum atomic E-state index is 8.24. The molecule has 0 aliphatic heterocycles. The van der Waals surface area contributed by atoms with Gasteiger partial charge in [-0.25, -0.2) is 0 Å². The first-order valence-corrected chi connectivity index (χ1v) is 1.71. The van der Waals surface area contributed by atoms with E-state index in [2.05, 4.69) is 0 Å². The molecule has 0 atom stereocenters. The van der Waals surface area contributed by atoms with Crippen molar-refractivity contribution in [1.82, 2.24) is 0 Å². The van der Waals surface area contributed by atoms with Crippen molar-refractivity contribution in [3.63, 3.8) is 0 Å². The Morgan fingerprint density at radius 2 is 0.438 bits per heavy atom. The van der Waals surface area contributed by atoms with E-state index in [0.29, 0.717) is 24.3 Å². The van der Waals surface area contributed by atoms with Gasteiger partial charge in [0.2, 0.25) is 0 Å². The van der Waals surface area contributed by atoms with E-state index in [4.69, 9.17) is 40.8 Å². The van der Waals surface area contributed by atoms with E-state index in [9.17, 15) is 0 Å². The zero-order valence-corrected chi connectivity index (χ0v) is 21.9. The van der Waals surface area contributed by atoms with Crippen molar-refractivity contribution >= 4 is 24.3 Å². The van der Waals surface area contributed by atoms with Crippen molar-refractivity contribution in [3.05, 3.63) is 21.6 Å². The SMILES string of the molecule is [K+].[K+].[K+].[K+].[N-]=C=O.[N-]=C=O.[N-]=C=O.[N-]=C=O. The first kappa shape index (κ1) is 50.1. The average Bonchev–Trinajstić information content (AvgIpc) is 1.92. The second-order valence-corrected chi connectivity index (χ2v) is 0.365. The third kappa shape index (κ3) is 318. The van der Waals surface area contributed by atoms with Crippen molar-refractivity contribution in [2.45, 2.75) is 0 Å². The Kier molecular flexibility index (Phi) is 300. The summed E-state index contributed by atoms with van der Waals surface area (Å²) in [4.78, 5) is 32.9. The molecule has 8 nitrogen and oxygen atoms in total. The van der Waals surface area contributed by atoms with Crippen molar-refractivity contribution in [3.8, 4) is 0 Å². The summed E-state index contributed by atoms with van der Waals surface area (Å²) in [7, 11) is 0. The number of nitrogens with zero attached hydrogens (tertiary/aromatic N) is 4. The summed E-state index contributed by atoms with van der Waals surface area (Å²) >= 11 is 0. The fraction of sp³-hybridized carbons (Fsp3) is 0. The van der Waals surface area contributed by atoms with Crippen LogP contribution in [0.1, 0.15) is 0 Å². The van der Waals surface area contributed by atoms with E-state index in [1.54, 1.807) is 0 Å². The minimum absolute atomic E-state index is 0. The fourth-order valence-electron chi connectivity index (χ4n) is 0. The van der Waals surface area contributed by atoms with E-state index in [0.717, 1.165) is 0 Å². The minimum Gasteiger partial charge on any atom is -0.724 e. The summed E-state index contributed by atoms with van der Waals surface area (Å²) in [5, 5.41) is 27.1. The fourth-order valence-corrected chi connectivity index (χ4v) is 0. The van der Waals surface area contributed by atoms with Crippen LogP contribution in [0.4, 0.5) is 0 Å². The van der Waals surface area contributed by atoms with Crippen LogP contribution in [0, 0.1) is 0 Å². The van der Waals surface area contributed by atoms with Gasteiger partial charge in [0.1, 0.15) is 0 Å². The molecule has 0 spiro atoms. The van der Waals surface area contributed by atoms with Crippen LogP contribution >= 0.6 is 0 Å². The molecule has 12 heteroatoms. The third-order valence-electron chi connectivity index (χ3n) is 0. The summed E-state index contributed by atoms with van der Waals surface area (Å²) in [5.41, 5.74) is 0. The monoisotopic (exact) mass is 324 g/mol. The minimum atomic E-state index is 0. The summed E-state index contributed by atoms with van der Waals surface area (Å²) in [6.07, 6.45) is 2.00. The first-order valence-electron chi connectivity index (χ1n) is 1.71. The summed E-state index contributed by atoms with van der Waals surface area (Å²) in [5.74, 6) is 0. The Balaban J connectivity index is -0.00000000821. The normalized spacial score (nSPS) is 2.00. The summed E-state index contributed by atoms with van der Waals surface area (Å²) < 4.78 is 0. The Labute approximate surface area is 262 Å². The number of carbonyl (C=O) groups excluding carboxylic acids is 4. The number of hydrogen-bond donors (Lipinski definition) is 0. The molecule has 0 fully saturated rings. The van der Waals surface area contributed by atoms with Crippen molar-refractivity contribution < 1.29 is 225 Å². The molecule has 0 aliphatic carbocycles. The molecule has 0 saturated carbocycles. The second kappa shape index (κ2) is 95.7. The van der Waals surface area contributed by atoms with Crippen LogP contribution in [0.3, 0.4) is 0 Å². The molecule has 0 amide bonds. The molecular weight excluding hydrogens is 324 g/mol. The zero-order valence-electron chi connectivity index (χ0n) is 9.42. The van der Waals surface area contributed by atoms with Gasteiger partial charge in [0, 0.05) is 0 Å². The quantitative estimate of drug-likeness (QED) is 0.246. The van der Waals surface area contributed by atoms with Gasteiger partial charge >= 0.3 is 206 Å². The van der Waals surface area contributed by atoms with Crippen LogP contribution in [0.15, 0.2) is 0 Å². The molecule has 0 rings (SSSR count). The maximum Gasteiger partial charge on any atom is 1.00 e. The Morgan fingerprint density at radius 3 is 0.438 bits per heavy atom. The van der Waals surface area contributed by atoms with Gasteiger partial charge < -0.3 is 21.6 Å². The van der Waals surface area contributed by atoms with Crippen molar-refractivity contribution in [1.29, 1.82) is 0 Å². The van der Waals surface area contributed by atoms with Gasteiger partial charge in [-0.1, -0.05) is 0 Å². The predicted octanol–water partition coefficient (Wildman–Crippen LogP) is -12.4. The standard InChI is InChI=1S/4CNO.4K/c4*2-1-3;;;;/q4*-1;4*+1. The van der Waals surface area contributed by atoms with Gasteiger partial charge in [-0.15, -0.1) is 0 Å². The van der Waals surface area contributed by atoms with E-state index in [-0.39, 0.29) is 206 Å². The largest absolute Gasteiger partial charge is 1.00 e. The van der Waals surface area contributed by atoms with E-state index < -0.39 is 0 Å². The van der Waals surface area contributed by atoms with Gasteiger partial charge in [0.05, 0.1) is 0 Å². The average molecular weight is 324 g/mol. The van der Waals surface area contributed by atoms with E-state index >= 15 is 0 Å². The molecule has 0 aromatic carbocycles. The number of rotatable bonds is 0. The molecule has 0 aromatic heterocycles. The molecule has 0 radical (unpaired) electrons. The van der Waals surface area contributed by atoms with Crippen LogP contribution in [0.25, 0.3) is 21.6 Å². The van der Waals surface area contributed by atoms with Crippen LogP contribution in [0.2, 0.25) is 0 Å². The summed E-state index contributed by atoms with van der Waals surface area (Å²) in [6, 6.07) is 0. The Morgan fingerprint density at radius 1 is 0.438 bits per heavy atom. The predicted molar refractivity (Wildman–Crippen MR) is 36.2 cm³/mol. The second-order valence-electron chi connectivity index (χ2n) is 0.365. The van der Waals surface area contributed by atoms with Crippen LogP contribution in [-0.2, 0) is 19.2 Å². The molecule has 0 aliphatic rings. The molecule has 0 unspecified atom stereocenters. The molecular formula is C4K4N4O4. The van der Waals surface area contributed by atoms with Crippen LogP contribution in [0.5, 0.6) is 0 Å². The molecule has 0 bridgehead atoms. The number of hydrogen-bond acceptors (Lipinski definition) is 4. The van der Waals surface area contributed by atoms with Crippen LogP contribution in [-0.4, -0.2) is 24.3 Å². The number of isocyanates is 4. The molecule has 0 saturated heterocycles. The van der Waals surface area contributed by atoms with E-state index in [1.807, 2.05) is 0 Å². The van der Waals surface area contributed by atoms with E-state index in [1.165, 1.54) is 0 Å². The molecule has 16 heavy (non-hydrogen) atoms. The third-order valence-corrected chi connectivity index (χ3v) is 0. The Bertz CT molecular complexity index is 164. The zero-order chi connectivity index (χ0) is 10.8. The maximum absolute atomic E-state index is 8.24. The molecule has 64 valence electrons. The first-order chi connectivity index (χ1) is 5.66. The summed E-state index contributed by atoms with van der Waals surface area (Å²) in [6.45, 7) is 0. The van der Waals surface area contributed by atoms with Gasteiger partial charge in [0.25, 0.3) is 0 Å². The van der Waals surface area contributed by atoms with Gasteiger partial charge in [-0.05, 0) is 24.3 Å². The molecule has 0 aromatic rings. The van der Waals surface area contributed by atoms with Crippen molar-refractivity contribution in [2.75, 3.05) is 0 Å². The molecule has 0 heterocycles. The van der Waals surface area contributed by atoms with Gasteiger partial charge in [-0.3, -0.25) is 19.2 Å². The van der Waals surface area contributed by atoms with Gasteiger partial charge in [0.15, 0.2) is 0 Å². The van der Waals surface area contributed by atoms with Crippen molar-refractivity contribution in [2.24, 2.45) is 0 Å². The van der Waals surface area contributed by atoms with Gasteiger partial charge in [-0.2, -0.15) is 0 Å². The van der Waals surface area contributed by atoms with Crippen LogP contribution < -0.4 is 206 Å².